The molecule has 7 heteroatoms. The molecule has 2 rings (SSSR count). The predicted molar refractivity (Wildman–Crippen MR) is 73.8 cm³/mol. The molecule has 0 spiro atoms. The summed E-state index contributed by atoms with van der Waals surface area (Å²) >= 11 is 0. The molecular formula is C14H18N2O5. The number of nitrogens with zero attached hydrogens (tertiary/aromatic N) is 1. The number of hydrogen-bond donors (Lipinski definition) is 3. The molecule has 1 aliphatic heterocycles. The summed E-state index contributed by atoms with van der Waals surface area (Å²) in [6, 6.07) is 8.32. The fraction of sp³-hybridized carbons (Fsp3) is 0.429. The van der Waals surface area contributed by atoms with Gasteiger partial charge in [-0.15, -0.1) is 0 Å². The Bertz CT molecular complexity index is 493. The van der Waals surface area contributed by atoms with Crippen LogP contribution < -0.4 is 5.32 Å². The molecule has 1 heterocycles. The highest BCUT2D eigenvalue weighted by Gasteiger charge is 2.36. The molecule has 3 N–H and O–H groups in total. The zero-order valence-corrected chi connectivity index (χ0v) is 11.4. The summed E-state index contributed by atoms with van der Waals surface area (Å²) < 4.78 is 5.05. The van der Waals surface area contributed by atoms with Crippen molar-refractivity contribution >= 4 is 12.2 Å². The Balaban J connectivity index is 1.95. The second-order valence-corrected chi connectivity index (χ2v) is 4.87. The Morgan fingerprint density at radius 3 is 2.62 bits per heavy atom. The van der Waals surface area contributed by atoms with Crippen molar-refractivity contribution in [2.24, 2.45) is 0 Å². The third-order valence-electron chi connectivity index (χ3n) is 3.39. The van der Waals surface area contributed by atoms with Gasteiger partial charge in [0.25, 0.3) is 0 Å². The molecule has 0 saturated carbocycles. The Labute approximate surface area is 122 Å². The monoisotopic (exact) mass is 294 g/mol. The number of benzene rings is 1. The molecule has 7 nitrogen and oxygen atoms in total. The smallest absolute Gasteiger partial charge is 0.419 e. The van der Waals surface area contributed by atoms with Crippen molar-refractivity contribution in [1.82, 2.24) is 10.2 Å². The number of rotatable bonds is 4. The number of nitrogens with one attached hydrogen (secondary N) is 1. The summed E-state index contributed by atoms with van der Waals surface area (Å²) in [7, 11) is 0. The van der Waals surface area contributed by atoms with Crippen LogP contribution in [0, 0.1) is 0 Å². The standard InChI is InChI=1S/C14H18N2O5/c17-8-11-6-12(7-15-11)16(13(18)19)14(20)21-9-10-4-2-1-3-5-10/h1-5,11-12,15,17H,6-9H2,(H,18,19)/t11-,12-/m1/s1. The van der Waals surface area contributed by atoms with Crippen LogP contribution in [0.25, 0.3) is 0 Å². The first-order chi connectivity index (χ1) is 10.1. The van der Waals surface area contributed by atoms with Crippen molar-refractivity contribution in [3.63, 3.8) is 0 Å². The molecule has 1 saturated heterocycles. The molecule has 0 aliphatic carbocycles. The Morgan fingerprint density at radius 1 is 1.33 bits per heavy atom. The number of carbonyl (C=O) groups is 2. The second kappa shape index (κ2) is 7.05. The number of amides is 2. The van der Waals surface area contributed by atoms with Gasteiger partial charge in [-0.3, -0.25) is 0 Å². The number of aliphatic hydroxyl groups is 1. The van der Waals surface area contributed by atoms with Crippen LogP contribution in [0.2, 0.25) is 0 Å². The van der Waals surface area contributed by atoms with Crippen molar-refractivity contribution in [3.05, 3.63) is 35.9 Å². The number of aliphatic hydroxyl groups excluding tert-OH is 1. The minimum Gasteiger partial charge on any atom is -0.465 e. The quantitative estimate of drug-likeness (QED) is 0.767. The lowest BCUT2D eigenvalue weighted by Gasteiger charge is -2.22. The molecule has 1 aromatic carbocycles. The Kier molecular flexibility index (Phi) is 5.13. The van der Waals surface area contributed by atoms with Crippen LogP contribution in [-0.4, -0.2) is 52.5 Å². The molecule has 21 heavy (non-hydrogen) atoms. The predicted octanol–water partition coefficient (Wildman–Crippen LogP) is 1.03. The maximum absolute atomic E-state index is 12.0. The van der Waals surface area contributed by atoms with Gasteiger partial charge in [-0.2, -0.15) is 0 Å². The van der Waals surface area contributed by atoms with E-state index in [4.69, 9.17) is 9.84 Å². The number of imide groups is 1. The van der Waals surface area contributed by atoms with Crippen LogP contribution in [0.5, 0.6) is 0 Å². The van der Waals surface area contributed by atoms with E-state index in [2.05, 4.69) is 5.32 Å². The fourth-order valence-corrected chi connectivity index (χ4v) is 2.31. The SMILES string of the molecule is O=C(O)N(C(=O)OCc1ccccc1)[C@H]1CN[C@@H](CO)C1. The van der Waals surface area contributed by atoms with Crippen molar-refractivity contribution < 1.29 is 24.5 Å². The number of carbonyl (C=O) groups excluding carboxylic acids is 1. The van der Waals surface area contributed by atoms with Crippen LogP contribution in [0.15, 0.2) is 30.3 Å². The highest BCUT2D eigenvalue weighted by atomic mass is 16.6. The highest BCUT2D eigenvalue weighted by molar-refractivity contribution is 5.87. The Morgan fingerprint density at radius 2 is 2.05 bits per heavy atom. The van der Waals surface area contributed by atoms with Crippen molar-refractivity contribution in [2.75, 3.05) is 13.2 Å². The van der Waals surface area contributed by atoms with Gasteiger partial charge in [-0.05, 0) is 12.0 Å². The maximum atomic E-state index is 12.0. The normalized spacial score (nSPS) is 21.0. The van der Waals surface area contributed by atoms with Gasteiger partial charge in [0.05, 0.1) is 12.6 Å². The first-order valence-electron chi connectivity index (χ1n) is 6.69. The Hall–Kier alpha value is -2.12. The van der Waals surface area contributed by atoms with Gasteiger partial charge in [-0.25, -0.2) is 14.5 Å². The lowest BCUT2D eigenvalue weighted by atomic mass is 10.1. The lowest BCUT2D eigenvalue weighted by molar-refractivity contribution is 0.0774. The van der Waals surface area contributed by atoms with E-state index in [0.717, 1.165) is 5.56 Å². The highest BCUT2D eigenvalue weighted by Crippen LogP contribution is 2.15. The number of ether oxygens (including phenoxy) is 1. The molecule has 0 bridgehead atoms. The first-order valence-corrected chi connectivity index (χ1v) is 6.69. The third kappa shape index (κ3) is 3.93. The van der Waals surface area contributed by atoms with E-state index in [1.807, 2.05) is 18.2 Å². The van der Waals surface area contributed by atoms with Gasteiger partial charge in [0.15, 0.2) is 0 Å². The number of hydrogen-bond acceptors (Lipinski definition) is 5. The molecule has 1 aromatic rings. The van der Waals surface area contributed by atoms with Crippen LogP contribution in [-0.2, 0) is 11.3 Å². The van der Waals surface area contributed by atoms with E-state index in [0.29, 0.717) is 17.9 Å². The van der Waals surface area contributed by atoms with Gasteiger partial charge >= 0.3 is 12.2 Å². The van der Waals surface area contributed by atoms with Gasteiger partial charge in [0.1, 0.15) is 6.61 Å². The molecule has 1 fully saturated rings. The van der Waals surface area contributed by atoms with Crippen molar-refractivity contribution in [3.8, 4) is 0 Å². The van der Waals surface area contributed by atoms with Crippen LogP contribution in [0.3, 0.4) is 0 Å². The largest absolute Gasteiger partial charge is 0.465 e. The third-order valence-corrected chi connectivity index (χ3v) is 3.39. The average molecular weight is 294 g/mol. The van der Waals surface area contributed by atoms with Crippen molar-refractivity contribution in [2.45, 2.75) is 25.1 Å². The summed E-state index contributed by atoms with van der Waals surface area (Å²) in [6.45, 7) is 0.244. The maximum Gasteiger partial charge on any atom is 0.419 e. The summed E-state index contributed by atoms with van der Waals surface area (Å²) in [5, 5.41) is 21.2. The average Bonchev–Trinajstić information content (AvgIpc) is 2.94. The molecule has 0 aromatic heterocycles. The lowest BCUT2D eigenvalue weighted by Crippen LogP contribution is -2.45. The van der Waals surface area contributed by atoms with Crippen LogP contribution in [0.1, 0.15) is 12.0 Å². The zero-order valence-electron chi connectivity index (χ0n) is 11.4. The van der Waals surface area contributed by atoms with Gasteiger partial charge < -0.3 is 20.3 Å². The van der Waals surface area contributed by atoms with Crippen LogP contribution in [0.4, 0.5) is 9.59 Å². The van der Waals surface area contributed by atoms with E-state index in [1.165, 1.54) is 0 Å². The summed E-state index contributed by atoms with van der Waals surface area (Å²) in [6.07, 6.45) is -1.86. The molecule has 0 radical (unpaired) electrons. The molecule has 2 amide bonds. The van der Waals surface area contributed by atoms with E-state index >= 15 is 0 Å². The zero-order chi connectivity index (χ0) is 15.2. The second-order valence-electron chi connectivity index (χ2n) is 4.87. The van der Waals surface area contributed by atoms with Crippen LogP contribution >= 0.6 is 0 Å². The molecule has 0 unspecified atom stereocenters. The fourth-order valence-electron chi connectivity index (χ4n) is 2.31. The van der Waals surface area contributed by atoms with E-state index in [9.17, 15) is 14.7 Å². The summed E-state index contributed by atoms with van der Waals surface area (Å²) in [4.78, 5) is 23.9. The molecule has 114 valence electrons. The van der Waals surface area contributed by atoms with E-state index < -0.39 is 18.2 Å². The molecule has 2 atom stereocenters. The van der Waals surface area contributed by atoms with Gasteiger partial charge in [0, 0.05) is 12.6 Å². The minimum absolute atomic E-state index is 0.0209. The first kappa shape index (κ1) is 15.3. The minimum atomic E-state index is -1.35. The topological polar surface area (TPSA) is 99.1 Å². The summed E-state index contributed by atoms with van der Waals surface area (Å²) in [5.41, 5.74) is 0.786. The van der Waals surface area contributed by atoms with Gasteiger partial charge in [-0.1, -0.05) is 30.3 Å². The van der Waals surface area contributed by atoms with Gasteiger partial charge in [0.2, 0.25) is 0 Å². The molecule has 1 aliphatic rings. The number of carboxylic acid groups (broad SMARTS) is 1. The van der Waals surface area contributed by atoms with Crippen molar-refractivity contribution in [1.29, 1.82) is 0 Å². The molecular weight excluding hydrogens is 276 g/mol. The van der Waals surface area contributed by atoms with E-state index in [-0.39, 0.29) is 19.3 Å². The summed E-state index contributed by atoms with van der Waals surface area (Å²) in [5.74, 6) is 0. The van der Waals surface area contributed by atoms with E-state index in [1.54, 1.807) is 12.1 Å².